The summed E-state index contributed by atoms with van der Waals surface area (Å²) in [4.78, 5) is 19.8. The molecule has 1 aliphatic heterocycles. The van der Waals surface area contributed by atoms with Gasteiger partial charge in [-0.25, -0.2) is 0 Å². The second-order valence-electron chi connectivity index (χ2n) is 8.14. The molecule has 5 heteroatoms. The number of rotatable bonds is 5. The Labute approximate surface area is 189 Å². The number of nitrogens with zero attached hydrogens (tertiary/aromatic N) is 3. The smallest absolute Gasteiger partial charge is 0.317 e. The van der Waals surface area contributed by atoms with Crippen molar-refractivity contribution >= 4 is 5.97 Å². The zero-order valence-corrected chi connectivity index (χ0v) is 18.2. The van der Waals surface area contributed by atoms with Crippen LogP contribution in [0.3, 0.4) is 0 Å². The molecule has 0 unspecified atom stereocenters. The number of pyridine rings is 1. The second kappa shape index (κ2) is 10.2. The molecule has 0 amide bonds. The number of carboxylic acids is 1. The molecule has 162 valence electrons. The third-order valence-corrected chi connectivity index (χ3v) is 5.83. The highest BCUT2D eigenvalue weighted by atomic mass is 16.4. The quantitative estimate of drug-likeness (QED) is 0.633. The minimum Gasteiger partial charge on any atom is -0.480 e. The van der Waals surface area contributed by atoms with Crippen LogP contribution in [0.4, 0.5) is 0 Å². The average molecular weight is 426 g/mol. The molecule has 0 bridgehead atoms. The molecule has 2 atom stereocenters. The van der Waals surface area contributed by atoms with E-state index in [1.807, 2.05) is 29.2 Å². The summed E-state index contributed by atoms with van der Waals surface area (Å²) in [6.07, 6.45) is 3.51. The summed E-state index contributed by atoms with van der Waals surface area (Å²) in [5.41, 5.74) is 4.27. The molecule has 1 fully saturated rings. The van der Waals surface area contributed by atoms with Crippen LogP contribution in [0.1, 0.15) is 35.2 Å². The molecule has 3 aromatic rings. The maximum Gasteiger partial charge on any atom is 0.317 e. The molecular formula is C27H27N3O2. The Hall–Kier alpha value is -3.46. The minimum absolute atomic E-state index is 0.0877. The lowest BCUT2D eigenvalue weighted by Crippen LogP contribution is -2.54. The predicted molar refractivity (Wildman–Crippen MR) is 125 cm³/mol. The van der Waals surface area contributed by atoms with Crippen LogP contribution in [0.25, 0.3) is 0 Å². The normalized spacial score (nSPS) is 17.8. The maximum atomic E-state index is 11.2. The molecule has 4 rings (SSSR count). The molecule has 1 aliphatic rings. The van der Waals surface area contributed by atoms with Crippen molar-refractivity contribution in [3.8, 4) is 11.8 Å². The third-order valence-electron chi connectivity index (χ3n) is 5.83. The van der Waals surface area contributed by atoms with Gasteiger partial charge in [0.1, 0.15) is 0 Å². The fourth-order valence-corrected chi connectivity index (χ4v) is 4.28. The van der Waals surface area contributed by atoms with E-state index in [2.05, 4.69) is 71.1 Å². The Morgan fingerprint density at radius 1 is 1.03 bits per heavy atom. The predicted octanol–water partition coefficient (Wildman–Crippen LogP) is 3.66. The molecule has 32 heavy (non-hydrogen) atoms. The van der Waals surface area contributed by atoms with Gasteiger partial charge in [0.05, 0.1) is 12.6 Å². The van der Waals surface area contributed by atoms with Gasteiger partial charge >= 0.3 is 5.97 Å². The first-order chi connectivity index (χ1) is 15.6. The van der Waals surface area contributed by atoms with E-state index < -0.39 is 5.97 Å². The SMILES string of the molecule is C[C@@H]1CN([C@H](c2ccccc2)c2cccc(C#Cc3cccnc3)c2)CCN1CC(=O)O. The average Bonchev–Trinajstić information content (AvgIpc) is 2.81. The fraction of sp³-hybridized carbons (Fsp3) is 0.259. The molecule has 0 saturated carbocycles. The topological polar surface area (TPSA) is 56.7 Å². The third kappa shape index (κ3) is 5.42. The monoisotopic (exact) mass is 425 g/mol. The molecule has 2 aromatic carbocycles. The maximum absolute atomic E-state index is 11.2. The van der Waals surface area contributed by atoms with Crippen LogP contribution in [0, 0.1) is 11.8 Å². The Morgan fingerprint density at radius 3 is 2.50 bits per heavy atom. The summed E-state index contributed by atoms with van der Waals surface area (Å²) in [7, 11) is 0. The fourth-order valence-electron chi connectivity index (χ4n) is 4.28. The first-order valence-electron chi connectivity index (χ1n) is 10.9. The Morgan fingerprint density at radius 2 is 1.78 bits per heavy atom. The van der Waals surface area contributed by atoms with E-state index in [9.17, 15) is 9.90 Å². The zero-order valence-electron chi connectivity index (χ0n) is 18.2. The van der Waals surface area contributed by atoms with Crippen LogP contribution < -0.4 is 0 Å². The van der Waals surface area contributed by atoms with E-state index in [0.29, 0.717) is 0 Å². The van der Waals surface area contributed by atoms with Crippen molar-refractivity contribution in [3.05, 3.63) is 101 Å². The number of aliphatic carboxylic acids is 1. The summed E-state index contributed by atoms with van der Waals surface area (Å²) in [6, 6.07) is 23.0. The van der Waals surface area contributed by atoms with Gasteiger partial charge in [0.15, 0.2) is 0 Å². The highest BCUT2D eigenvalue weighted by Crippen LogP contribution is 2.31. The van der Waals surface area contributed by atoms with Crippen molar-refractivity contribution in [1.82, 2.24) is 14.8 Å². The second-order valence-corrected chi connectivity index (χ2v) is 8.14. The molecule has 0 aliphatic carbocycles. The van der Waals surface area contributed by atoms with Gasteiger partial charge in [0, 0.05) is 49.2 Å². The molecule has 1 saturated heterocycles. The van der Waals surface area contributed by atoms with E-state index in [1.165, 1.54) is 11.1 Å². The number of carboxylic acid groups (broad SMARTS) is 1. The lowest BCUT2D eigenvalue weighted by atomic mass is 9.94. The van der Waals surface area contributed by atoms with Crippen LogP contribution in [0.15, 0.2) is 79.1 Å². The first-order valence-corrected chi connectivity index (χ1v) is 10.9. The first kappa shape index (κ1) is 21.8. The van der Waals surface area contributed by atoms with Gasteiger partial charge in [-0.1, -0.05) is 54.3 Å². The van der Waals surface area contributed by atoms with Crippen molar-refractivity contribution in [2.24, 2.45) is 0 Å². The molecule has 1 aromatic heterocycles. The van der Waals surface area contributed by atoms with E-state index in [-0.39, 0.29) is 18.6 Å². The molecule has 5 nitrogen and oxygen atoms in total. The van der Waals surface area contributed by atoms with Crippen LogP contribution in [0.5, 0.6) is 0 Å². The molecular weight excluding hydrogens is 398 g/mol. The summed E-state index contributed by atoms with van der Waals surface area (Å²) < 4.78 is 0. The lowest BCUT2D eigenvalue weighted by Gasteiger charge is -2.43. The summed E-state index contributed by atoms with van der Waals surface area (Å²) in [5.74, 6) is 5.68. The van der Waals surface area contributed by atoms with E-state index in [1.54, 1.807) is 12.4 Å². The van der Waals surface area contributed by atoms with Gasteiger partial charge in [0.2, 0.25) is 0 Å². The zero-order chi connectivity index (χ0) is 22.3. The summed E-state index contributed by atoms with van der Waals surface area (Å²) in [5, 5.41) is 9.21. The van der Waals surface area contributed by atoms with E-state index in [4.69, 9.17) is 0 Å². The highest BCUT2D eigenvalue weighted by molar-refractivity contribution is 5.69. The standard InChI is InChI=1S/C27H27N3O2/c1-21-19-30(16-15-29(21)20-26(31)32)27(24-9-3-2-4-10-24)25-11-5-7-22(17-25)12-13-23-8-6-14-28-18-23/h2-11,14,17-18,21,27H,15-16,19-20H2,1H3,(H,31,32)/t21-,27-/m1/s1. The minimum atomic E-state index is -0.773. The summed E-state index contributed by atoms with van der Waals surface area (Å²) in [6.45, 7) is 4.54. The van der Waals surface area contributed by atoms with Crippen molar-refractivity contribution in [3.63, 3.8) is 0 Å². The Balaban J connectivity index is 1.62. The van der Waals surface area contributed by atoms with Crippen molar-refractivity contribution < 1.29 is 9.90 Å². The van der Waals surface area contributed by atoms with Crippen LogP contribution in [-0.2, 0) is 4.79 Å². The number of benzene rings is 2. The van der Waals surface area contributed by atoms with Gasteiger partial charge in [-0.2, -0.15) is 0 Å². The van der Waals surface area contributed by atoms with Crippen molar-refractivity contribution in [1.29, 1.82) is 0 Å². The van der Waals surface area contributed by atoms with Crippen LogP contribution >= 0.6 is 0 Å². The van der Waals surface area contributed by atoms with Gasteiger partial charge in [-0.15, -0.1) is 0 Å². The van der Waals surface area contributed by atoms with Crippen molar-refractivity contribution in [2.45, 2.75) is 19.0 Å². The molecule has 0 radical (unpaired) electrons. The number of hydrogen-bond acceptors (Lipinski definition) is 4. The number of carbonyl (C=O) groups is 1. The van der Waals surface area contributed by atoms with E-state index >= 15 is 0 Å². The lowest BCUT2D eigenvalue weighted by molar-refractivity contribution is -0.139. The summed E-state index contributed by atoms with van der Waals surface area (Å²) >= 11 is 0. The van der Waals surface area contributed by atoms with Gasteiger partial charge < -0.3 is 5.11 Å². The van der Waals surface area contributed by atoms with Crippen LogP contribution in [0.2, 0.25) is 0 Å². The van der Waals surface area contributed by atoms with Gasteiger partial charge in [-0.3, -0.25) is 19.6 Å². The Bertz CT molecular complexity index is 1110. The number of aromatic nitrogens is 1. The number of hydrogen-bond donors (Lipinski definition) is 1. The molecule has 1 N–H and O–H groups in total. The van der Waals surface area contributed by atoms with Crippen LogP contribution in [-0.4, -0.2) is 58.1 Å². The van der Waals surface area contributed by atoms with Gasteiger partial charge in [-0.05, 0) is 42.3 Å². The van der Waals surface area contributed by atoms with Gasteiger partial charge in [0.25, 0.3) is 0 Å². The largest absolute Gasteiger partial charge is 0.480 e. The molecule has 2 heterocycles. The Kier molecular flexibility index (Phi) is 6.96. The highest BCUT2D eigenvalue weighted by Gasteiger charge is 2.31. The number of piperazine rings is 1. The van der Waals surface area contributed by atoms with E-state index in [0.717, 1.165) is 30.8 Å². The molecule has 0 spiro atoms. The van der Waals surface area contributed by atoms with Crippen molar-refractivity contribution in [2.75, 3.05) is 26.2 Å².